The maximum atomic E-state index is 12.2. The lowest BCUT2D eigenvalue weighted by Crippen LogP contribution is -2.05. The summed E-state index contributed by atoms with van der Waals surface area (Å²) in [4.78, 5) is 0. The van der Waals surface area contributed by atoms with Gasteiger partial charge < -0.3 is 4.57 Å². The fourth-order valence-electron chi connectivity index (χ4n) is 0.883. The van der Waals surface area contributed by atoms with Gasteiger partial charge in [-0.1, -0.05) is 56.8 Å². The highest BCUT2D eigenvalue weighted by molar-refractivity contribution is 14.1. The molecule has 1 aromatic rings. The van der Waals surface area contributed by atoms with E-state index in [0.29, 0.717) is 13.4 Å². The molecule has 0 heterocycles. The molecule has 5 heteroatoms. The third-order valence-corrected chi connectivity index (χ3v) is 10.6. The van der Waals surface area contributed by atoms with Crippen molar-refractivity contribution in [2.75, 3.05) is 8.34 Å². The molecule has 0 atom stereocenters. The molecule has 0 radical (unpaired) electrons. The first-order chi connectivity index (χ1) is 6.12. The van der Waals surface area contributed by atoms with Gasteiger partial charge in [0.15, 0.2) is 0 Å². The molecular formula is C8H8ClI2OP. The summed E-state index contributed by atoms with van der Waals surface area (Å²) in [6.45, 7) is 0. The zero-order valence-electron chi connectivity index (χ0n) is 6.71. The van der Waals surface area contributed by atoms with E-state index in [1.54, 1.807) is 12.1 Å². The zero-order valence-corrected chi connectivity index (χ0v) is 12.7. The topological polar surface area (TPSA) is 17.1 Å². The van der Waals surface area contributed by atoms with Gasteiger partial charge in [-0.05, 0) is 24.3 Å². The van der Waals surface area contributed by atoms with Crippen LogP contribution in [0.1, 0.15) is 0 Å². The van der Waals surface area contributed by atoms with Gasteiger partial charge in [0.2, 0.25) is 0 Å². The predicted molar refractivity (Wildman–Crippen MR) is 76.5 cm³/mol. The monoisotopic (exact) mass is 440 g/mol. The van der Waals surface area contributed by atoms with E-state index < -0.39 is 7.14 Å². The van der Waals surface area contributed by atoms with E-state index in [2.05, 4.69) is 45.2 Å². The number of halogens is 3. The van der Waals surface area contributed by atoms with Gasteiger partial charge in [-0.15, -0.1) is 0 Å². The smallest absolute Gasteiger partial charge is 0.134 e. The summed E-state index contributed by atoms with van der Waals surface area (Å²) in [6.07, 6.45) is 0. The Bertz CT molecular complexity index is 317. The van der Waals surface area contributed by atoms with Gasteiger partial charge in [0.1, 0.15) is 7.14 Å². The van der Waals surface area contributed by atoms with Crippen LogP contribution < -0.4 is 5.30 Å². The van der Waals surface area contributed by atoms with Crippen LogP contribution in [0, 0.1) is 0 Å². The second-order valence-corrected chi connectivity index (χ2v) is 9.91. The van der Waals surface area contributed by atoms with E-state index in [1.165, 1.54) is 0 Å². The highest BCUT2D eigenvalue weighted by atomic mass is 127. The molecule has 0 spiro atoms. The Hall–Kier alpha value is 1.20. The summed E-state index contributed by atoms with van der Waals surface area (Å²) >= 11 is 10.1. The third kappa shape index (κ3) is 3.08. The molecule has 0 aromatic heterocycles. The van der Waals surface area contributed by atoms with Gasteiger partial charge in [0.25, 0.3) is 0 Å². The van der Waals surface area contributed by atoms with Crippen LogP contribution in [0.4, 0.5) is 0 Å². The summed E-state index contributed by atoms with van der Waals surface area (Å²) in [5.41, 5.74) is 0. The van der Waals surface area contributed by atoms with Crippen molar-refractivity contribution in [2.24, 2.45) is 0 Å². The van der Waals surface area contributed by atoms with Crippen LogP contribution in [0.5, 0.6) is 0 Å². The molecule has 0 aliphatic rings. The average Bonchev–Trinajstić information content (AvgIpc) is 2.18. The minimum atomic E-state index is -2.14. The lowest BCUT2D eigenvalue weighted by molar-refractivity contribution is 0.587. The first kappa shape index (κ1) is 12.3. The molecule has 0 N–H and O–H groups in total. The molecule has 0 amide bonds. The van der Waals surface area contributed by atoms with Crippen molar-refractivity contribution in [2.45, 2.75) is 0 Å². The molecule has 13 heavy (non-hydrogen) atoms. The van der Waals surface area contributed by atoms with Crippen LogP contribution in [0.25, 0.3) is 0 Å². The molecular weight excluding hydrogens is 432 g/mol. The minimum Gasteiger partial charge on any atom is -0.317 e. The van der Waals surface area contributed by atoms with Crippen LogP contribution in [0.3, 0.4) is 0 Å². The fraction of sp³-hybridized carbons (Fsp3) is 0.250. The van der Waals surface area contributed by atoms with Crippen molar-refractivity contribution in [1.29, 1.82) is 0 Å². The van der Waals surface area contributed by atoms with E-state index in [0.717, 1.165) is 5.30 Å². The van der Waals surface area contributed by atoms with Crippen molar-refractivity contribution >= 4 is 69.2 Å². The Labute approximate surface area is 110 Å². The molecule has 1 aromatic carbocycles. The number of benzene rings is 1. The summed E-state index contributed by atoms with van der Waals surface area (Å²) in [5, 5.41) is 1.62. The summed E-state index contributed by atoms with van der Waals surface area (Å²) in [5.74, 6) is 0. The van der Waals surface area contributed by atoms with Gasteiger partial charge in [0, 0.05) is 10.3 Å². The van der Waals surface area contributed by atoms with Crippen LogP contribution in [-0.4, -0.2) is 8.34 Å². The van der Waals surface area contributed by atoms with Crippen LogP contribution in [0.15, 0.2) is 24.3 Å². The van der Waals surface area contributed by atoms with Crippen molar-refractivity contribution in [3.8, 4) is 0 Å². The van der Waals surface area contributed by atoms with Crippen molar-refractivity contribution in [3.05, 3.63) is 29.3 Å². The fourth-order valence-corrected chi connectivity index (χ4v) is 8.62. The molecule has 1 rings (SSSR count). The molecule has 1 nitrogen and oxygen atoms in total. The van der Waals surface area contributed by atoms with Crippen molar-refractivity contribution in [1.82, 2.24) is 0 Å². The highest BCUT2D eigenvalue weighted by Gasteiger charge is 2.21. The molecule has 0 unspecified atom stereocenters. The maximum absolute atomic E-state index is 12.2. The second-order valence-electron chi connectivity index (χ2n) is 2.60. The van der Waals surface area contributed by atoms with Crippen LogP contribution in [0.2, 0.25) is 5.02 Å². The maximum Gasteiger partial charge on any atom is 0.134 e. The van der Waals surface area contributed by atoms with Crippen molar-refractivity contribution in [3.63, 3.8) is 0 Å². The predicted octanol–water partition coefficient (Wildman–Crippen LogP) is 4.11. The van der Waals surface area contributed by atoms with E-state index in [-0.39, 0.29) is 0 Å². The Morgan fingerprint density at radius 3 is 2.00 bits per heavy atom. The summed E-state index contributed by atoms with van der Waals surface area (Å²) < 4.78 is 13.6. The Kier molecular flexibility index (Phi) is 5.03. The number of hydrogen-bond acceptors (Lipinski definition) is 1. The molecule has 0 saturated heterocycles. The molecule has 0 aliphatic carbocycles. The quantitative estimate of drug-likeness (QED) is 0.393. The van der Waals surface area contributed by atoms with Gasteiger partial charge in [-0.3, -0.25) is 0 Å². The Morgan fingerprint density at radius 1 is 1.15 bits per heavy atom. The van der Waals surface area contributed by atoms with E-state index in [4.69, 9.17) is 11.6 Å². The van der Waals surface area contributed by atoms with Crippen LogP contribution >= 0.6 is 63.9 Å². The Balaban J connectivity index is 3.07. The number of rotatable bonds is 3. The molecule has 72 valence electrons. The highest BCUT2D eigenvalue weighted by Crippen LogP contribution is 2.47. The van der Waals surface area contributed by atoms with Gasteiger partial charge >= 0.3 is 0 Å². The molecule has 0 bridgehead atoms. The molecule has 0 aliphatic heterocycles. The van der Waals surface area contributed by atoms with E-state index in [9.17, 15) is 4.57 Å². The summed E-state index contributed by atoms with van der Waals surface area (Å²) in [7, 11) is -2.14. The molecule has 0 fully saturated rings. The number of alkyl halides is 2. The first-order valence-electron chi connectivity index (χ1n) is 3.58. The van der Waals surface area contributed by atoms with E-state index >= 15 is 0 Å². The van der Waals surface area contributed by atoms with Gasteiger partial charge in [-0.2, -0.15) is 0 Å². The largest absolute Gasteiger partial charge is 0.317 e. The lowest BCUT2D eigenvalue weighted by Gasteiger charge is -2.12. The summed E-state index contributed by atoms with van der Waals surface area (Å²) in [6, 6.07) is 7.31. The number of hydrogen-bond donors (Lipinski definition) is 0. The zero-order chi connectivity index (χ0) is 9.90. The van der Waals surface area contributed by atoms with Gasteiger partial charge in [-0.25, -0.2) is 0 Å². The van der Waals surface area contributed by atoms with Crippen LogP contribution in [-0.2, 0) is 4.57 Å². The Morgan fingerprint density at radius 2 is 1.62 bits per heavy atom. The second kappa shape index (κ2) is 5.33. The van der Waals surface area contributed by atoms with Gasteiger partial charge in [0.05, 0.1) is 8.34 Å². The standard InChI is InChI=1S/C8H8ClI2OP/c9-7-1-3-8(4-2-7)13(12,5-10)6-11/h1-4H,5-6H2. The molecule has 0 saturated carbocycles. The first-order valence-corrected chi connectivity index (χ1v) is 9.09. The third-order valence-electron chi connectivity index (χ3n) is 1.68. The average molecular weight is 440 g/mol. The minimum absolute atomic E-state index is 0.690. The normalized spacial score (nSPS) is 11.6. The lowest BCUT2D eigenvalue weighted by atomic mass is 10.4. The van der Waals surface area contributed by atoms with Crippen molar-refractivity contribution < 1.29 is 4.57 Å². The van der Waals surface area contributed by atoms with E-state index in [1.807, 2.05) is 12.1 Å². The SMILES string of the molecule is O=P(CI)(CI)c1ccc(Cl)cc1.